The van der Waals surface area contributed by atoms with Gasteiger partial charge in [0.05, 0.1) is 10.6 Å². The van der Waals surface area contributed by atoms with Gasteiger partial charge < -0.3 is 10.5 Å². The highest BCUT2D eigenvalue weighted by Crippen LogP contribution is 2.43. The minimum atomic E-state index is -0.143. The minimum absolute atomic E-state index is 0.0506. The summed E-state index contributed by atoms with van der Waals surface area (Å²) in [5.74, 6) is 0. The van der Waals surface area contributed by atoms with Crippen molar-refractivity contribution in [1.82, 2.24) is 4.98 Å². The molecule has 3 nitrogen and oxygen atoms in total. The fourth-order valence-corrected chi connectivity index (χ4v) is 3.66. The number of rotatable bonds is 5. The van der Waals surface area contributed by atoms with Crippen LogP contribution in [0.15, 0.2) is 11.6 Å². The zero-order valence-electron chi connectivity index (χ0n) is 12.3. The Bertz CT molecular complexity index is 379. The van der Waals surface area contributed by atoms with Crippen molar-refractivity contribution < 1.29 is 4.74 Å². The van der Waals surface area contributed by atoms with Crippen LogP contribution in [-0.4, -0.2) is 23.2 Å². The number of nitrogens with zero attached hydrogens (tertiary/aromatic N) is 1. The molecule has 1 aromatic heterocycles. The first-order valence-electron chi connectivity index (χ1n) is 7.25. The van der Waals surface area contributed by atoms with E-state index < -0.39 is 0 Å². The quantitative estimate of drug-likeness (QED) is 0.900. The Morgan fingerprint density at radius 3 is 2.58 bits per heavy atom. The van der Waals surface area contributed by atoms with E-state index >= 15 is 0 Å². The van der Waals surface area contributed by atoms with E-state index in [2.05, 4.69) is 25.8 Å². The summed E-state index contributed by atoms with van der Waals surface area (Å²) in [5.41, 5.74) is 6.78. The van der Waals surface area contributed by atoms with Crippen molar-refractivity contribution in [2.75, 3.05) is 6.61 Å². The van der Waals surface area contributed by atoms with Crippen LogP contribution >= 0.6 is 11.3 Å². The van der Waals surface area contributed by atoms with Gasteiger partial charge in [0, 0.05) is 30.6 Å². The Morgan fingerprint density at radius 1 is 1.37 bits per heavy atom. The molecule has 1 atom stereocenters. The van der Waals surface area contributed by atoms with E-state index in [1.165, 1.54) is 12.8 Å². The molecule has 1 aliphatic rings. The smallest absolute Gasteiger partial charge is 0.0941 e. The summed E-state index contributed by atoms with van der Waals surface area (Å²) >= 11 is 1.69. The second-order valence-corrected chi connectivity index (χ2v) is 7.38. The summed E-state index contributed by atoms with van der Waals surface area (Å²) < 4.78 is 6.13. The van der Waals surface area contributed by atoms with Crippen LogP contribution in [0.25, 0.3) is 0 Å². The van der Waals surface area contributed by atoms with Crippen LogP contribution in [0.1, 0.15) is 51.5 Å². The van der Waals surface area contributed by atoms with Gasteiger partial charge in [-0.2, -0.15) is 0 Å². The normalized spacial score (nSPS) is 23.2. The molecule has 0 spiro atoms. The van der Waals surface area contributed by atoms with E-state index in [0.29, 0.717) is 5.41 Å². The lowest BCUT2D eigenvalue weighted by Crippen LogP contribution is -2.54. The molecule has 1 aliphatic carbocycles. The largest absolute Gasteiger partial charge is 0.374 e. The van der Waals surface area contributed by atoms with Crippen molar-refractivity contribution in [3.8, 4) is 0 Å². The molecule has 0 bridgehead atoms. The standard InChI is InChI=1S/C15H26N2OS/c1-4-18-15(7-5-14(2,3)6-8-15)12(16)11-13-17-9-10-19-13/h9-10,12H,4-8,11,16H2,1-3H3. The topological polar surface area (TPSA) is 48.1 Å². The van der Waals surface area contributed by atoms with Crippen LogP contribution < -0.4 is 5.73 Å². The molecule has 0 aromatic carbocycles. The van der Waals surface area contributed by atoms with Gasteiger partial charge in [0.1, 0.15) is 0 Å². The summed E-state index contributed by atoms with van der Waals surface area (Å²) in [6.45, 7) is 7.49. The van der Waals surface area contributed by atoms with Gasteiger partial charge in [-0.15, -0.1) is 11.3 Å². The molecule has 1 aromatic rings. The fourth-order valence-electron chi connectivity index (χ4n) is 2.99. The fraction of sp³-hybridized carbons (Fsp3) is 0.800. The number of hydrogen-bond acceptors (Lipinski definition) is 4. The second-order valence-electron chi connectivity index (χ2n) is 6.40. The van der Waals surface area contributed by atoms with Crippen LogP contribution in [-0.2, 0) is 11.2 Å². The molecule has 19 heavy (non-hydrogen) atoms. The number of nitrogens with two attached hydrogens (primary N) is 1. The van der Waals surface area contributed by atoms with Gasteiger partial charge in [0.25, 0.3) is 0 Å². The molecule has 1 fully saturated rings. The van der Waals surface area contributed by atoms with Gasteiger partial charge in [-0.1, -0.05) is 13.8 Å². The highest BCUT2D eigenvalue weighted by Gasteiger charge is 2.43. The maximum Gasteiger partial charge on any atom is 0.0941 e. The average Bonchev–Trinajstić information content (AvgIpc) is 2.85. The molecule has 0 saturated heterocycles. The van der Waals surface area contributed by atoms with E-state index in [-0.39, 0.29) is 11.6 Å². The summed E-state index contributed by atoms with van der Waals surface area (Å²) in [7, 11) is 0. The lowest BCUT2D eigenvalue weighted by Gasteiger charge is -2.46. The Morgan fingerprint density at radius 2 is 2.05 bits per heavy atom. The minimum Gasteiger partial charge on any atom is -0.374 e. The Labute approximate surface area is 120 Å². The Balaban J connectivity index is 2.06. The van der Waals surface area contributed by atoms with E-state index in [9.17, 15) is 0 Å². The highest BCUT2D eigenvalue weighted by atomic mass is 32.1. The molecule has 0 aliphatic heterocycles. The third-order valence-corrected chi connectivity index (χ3v) is 5.24. The molecule has 4 heteroatoms. The first kappa shape index (κ1) is 14.9. The number of hydrogen-bond donors (Lipinski definition) is 1. The molecule has 0 amide bonds. The molecule has 2 rings (SSSR count). The average molecular weight is 282 g/mol. The van der Waals surface area contributed by atoms with Crippen molar-refractivity contribution in [3.05, 3.63) is 16.6 Å². The molecule has 2 N–H and O–H groups in total. The number of aromatic nitrogens is 1. The summed E-state index contributed by atoms with van der Waals surface area (Å²) in [6, 6.07) is 0.0506. The van der Waals surface area contributed by atoms with E-state index in [1.807, 2.05) is 11.6 Å². The molecule has 1 saturated carbocycles. The first-order chi connectivity index (χ1) is 8.97. The third-order valence-electron chi connectivity index (χ3n) is 4.44. The Hall–Kier alpha value is -0.450. The van der Waals surface area contributed by atoms with Crippen LogP contribution in [0.2, 0.25) is 0 Å². The van der Waals surface area contributed by atoms with Gasteiger partial charge in [-0.05, 0) is 38.0 Å². The second kappa shape index (κ2) is 5.90. The van der Waals surface area contributed by atoms with Gasteiger partial charge in [-0.3, -0.25) is 0 Å². The van der Waals surface area contributed by atoms with Crippen molar-refractivity contribution in [2.45, 2.75) is 64.5 Å². The maximum absolute atomic E-state index is 6.49. The lowest BCUT2D eigenvalue weighted by molar-refractivity contribution is -0.0987. The van der Waals surface area contributed by atoms with Gasteiger partial charge in [0.15, 0.2) is 0 Å². The van der Waals surface area contributed by atoms with E-state index in [1.54, 1.807) is 11.3 Å². The number of ether oxygens (including phenoxy) is 1. The molecule has 1 unspecified atom stereocenters. The van der Waals surface area contributed by atoms with Crippen molar-refractivity contribution in [1.29, 1.82) is 0 Å². The predicted octanol–water partition coefficient (Wildman–Crippen LogP) is 3.39. The lowest BCUT2D eigenvalue weighted by atomic mass is 9.68. The van der Waals surface area contributed by atoms with Crippen molar-refractivity contribution in [3.63, 3.8) is 0 Å². The van der Waals surface area contributed by atoms with Crippen LogP contribution in [0, 0.1) is 5.41 Å². The highest BCUT2D eigenvalue weighted by molar-refractivity contribution is 7.09. The predicted molar refractivity (Wildman–Crippen MR) is 80.4 cm³/mol. The van der Waals surface area contributed by atoms with Gasteiger partial charge >= 0.3 is 0 Å². The molecular formula is C15H26N2OS. The molecular weight excluding hydrogens is 256 g/mol. The number of thiazole rings is 1. The van der Waals surface area contributed by atoms with Crippen molar-refractivity contribution in [2.24, 2.45) is 11.1 Å². The summed E-state index contributed by atoms with van der Waals surface area (Å²) in [6.07, 6.45) is 7.21. The molecule has 108 valence electrons. The van der Waals surface area contributed by atoms with E-state index in [0.717, 1.165) is 30.9 Å². The summed E-state index contributed by atoms with van der Waals surface area (Å²) in [4.78, 5) is 4.35. The summed E-state index contributed by atoms with van der Waals surface area (Å²) in [5, 5.41) is 3.13. The van der Waals surface area contributed by atoms with Gasteiger partial charge in [0.2, 0.25) is 0 Å². The zero-order valence-corrected chi connectivity index (χ0v) is 13.1. The van der Waals surface area contributed by atoms with Crippen LogP contribution in [0.4, 0.5) is 0 Å². The van der Waals surface area contributed by atoms with Crippen molar-refractivity contribution >= 4 is 11.3 Å². The van der Waals surface area contributed by atoms with Gasteiger partial charge in [-0.25, -0.2) is 4.98 Å². The molecule has 1 heterocycles. The monoisotopic (exact) mass is 282 g/mol. The molecule has 0 radical (unpaired) electrons. The van der Waals surface area contributed by atoms with Crippen LogP contribution in [0.3, 0.4) is 0 Å². The van der Waals surface area contributed by atoms with Crippen LogP contribution in [0.5, 0.6) is 0 Å². The maximum atomic E-state index is 6.49. The third kappa shape index (κ3) is 3.56. The first-order valence-corrected chi connectivity index (χ1v) is 8.13. The Kier molecular flexibility index (Phi) is 4.64. The zero-order chi connectivity index (χ0) is 13.9. The SMILES string of the molecule is CCOC1(C(N)Cc2nccs2)CCC(C)(C)CC1. The van der Waals surface area contributed by atoms with E-state index in [4.69, 9.17) is 10.5 Å².